The van der Waals surface area contributed by atoms with Crippen LogP contribution in [0.4, 0.5) is 0 Å². The summed E-state index contributed by atoms with van der Waals surface area (Å²) < 4.78 is 16.7. The van der Waals surface area contributed by atoms with Crippen molar-refractivity contribution in [3.8, 4) is 0 Å². The van der Waals surface area contributed by atoms with Crippen LogP contribution in [0.25, 0.3) is 0 Å². The van der Waals surface area contributed by atoms with Gasteiger partial charge in [-0.1, -0.05) is 24.3 Å². The van der Waals surface area contributed by atoms with Gasteiger partial charge < -0.3 is 9.84 Å². The summed E-state index contributed by atoms with van der Waals surface area (Å²) >= 11 is 0. The molecule has 0 aliphatic carbocycles. The van der Waals surface area contributed by atoms with Gasteiger partial charge in [0.25, 0.3) is 0 Å². The second-order valence-electron chi connectivity index (χ2n) is 3.97. The molecule has 0 bridgehead atoms. The molecule has 0 fully saturated rings. The van der Waals surface area contributed by atoms with E-state index in [2.05, 4.69) is 0 Å². The van der Waals surface area contributed by atoms with Crippen molar-refractivity contribution in [2.24, 2.45) is 0 Å². The highest BCUT2D eigenvalue weighted by molar-refractivity contribution is 7.84. The summed E-state index contributed by atoms with van der Waals surface area (Å²) in [7, 11) is 0.646. The molecule has 0 aliphatic heterocycles. The van der Waals surface area contributed by atoms with Gasteiger partial charge in [0.1, 0.15) is 0 Å². The predicted octanol–water partition coefficient (Wildman–Crippen LogP) is 1.60. The number of aliphatic carboxylic acids is 1. The number of carboxylic acids is 1. The van der Waals surface area contributed by atoms with Gasteiger partial charge in [-0.05, 0) is 17.5 Å². The van der Waals surface area contributed by atoms with Crippen molar-refractivity contribution >= 4 is 16.8 Å². The summed E-state index contributed by atoms with van der Waals surface area (Å²) in [5.74, 6) is 0.121. The highest BCUT2D eigenvalue weighted by Crippen LogP contribution is 2.12. The summed E-state index contributed by atoms with van der Waals surface area (Å²) in [6.07, 6.45) is 0.732. The first-order valence-electron chi connectivity index (χ1n) is 5.76. The van der Waals surface area contributed by atoms with Crippen molar-refractivity contribution in [2.75, 3.05) is 19.5 Å². The van der Waals surface area contributed by atoms with Crippen molar-refractivity contribution in [2.45, 2.75) is 18.6 Å². The maximum absolute atomic E-state index is 11.8. The van der Waals surface area contributed by atoms with Gasteiger partial charge in [-0.3, -0.25) is 9.00 Å². The number of hydrogen-bond acceptors (Lipinski definition) is 3. The van der Waals surface area contributed by atoms with Crippen LogP contribution in [-0.2, 0) is 32.5 Å². The first-order valence-corrected chi connectivity index (χ1v) is 7.24. The van der Waals surface area contributed by atoms with Gasteiger partial charge in [-0.15, -0.1) is 0 Å². The third-order valence-corrected chi connectivity index (χ3v) is 3.87. The third kappa shape index (κ3) is 5.42. The van der Waals surface area contributed by atoms with Crippen molar-refractivity contribution in [3.05, 3.63) is 35.4 Å². The molecule has 1 aromatic carbocycles. The van der Waals surface area contributed by atoms with Crippen molar-refractivity contribution in [1.82, 2.24) is 0 Å². The summed E-state index contributed by atoms with van der Waals surface area (Å²) in [6.45, 7) is 0.600. The molecule has 0 saturated heterocycles. The van der Waals surface area contributed by atoms with E-state index in [0.717, 1.165) is 17.5 Å². The first kappa shape index (κ1) is 14.9. The van der Waals surface area contributed by atoms with Gasteiger partial charge in [0, 0.05) is 36.0 Å². The summed E-state index contributed by atoms with van der Waals surface area (Å²) in [5.41, 5.74) is 1.60. The van der Waals surface area contributed by atoms with E-state index in [-0.39, 0.29) is 6.42 Å². The van der Waals surface area contributed by atoms with E-state index in [1.54, 1.807) is 19.2 Å². The number of ether oxygens (including phenoxy) is 1. The van der Waals surface area contributed by atoms with Crippen LogP contribution in [0.1, 0.15) is 17.5 Å². The number of rotatable bonds is 8. The van der Waals surface area contributed by atoms with Crippen LogP contribution in [0, 0.1) is 0 Å². The van der Waals surface area contributed by atoms with Gasteiger partial charge in [-0.25, -0.2) is 0 Å². The minimum Gasteiger partial charge on any atom is -0.481 e. The molecule has 18 heavy (non-hydrogen) atoms. The summed E-state index contributed by atoms with van der Waals surface area (Å²) in [6, 6.07) is 7.25. The van der Waals surface area contributed by atoms with Crippen molar-refractivity contribution < 1.29 is 18.8 Å². The van der Waals surface area contributed by atoms with E-state index in [1.165, 1.54) is 0 Å². The fraction of sp³-hybridized carbons (Fsp3) is 0.462. The molecule has 0 amide bonds. The molecule has 1 rings (SSSR count). The standard InChI is InChI=1S/C13H18O4S/c1-17-7-4-8-18(16)10-12-6-3-2-5-11(12)9-13(14)15/h2-3,5-6H,4,7-10H2,1H3,(H,14,15). The molecule has 1 aromatic rings. The molecule has 0 radical (unpaired) electrons. The van der Waals surface area contributed by atoms with Crippen LogP contribution < -0.4 is 0 Å². The summed E-state index contributed by atoms with van der Waals surface area (Å²) in [4.78, 5) is 10.7. The molecule has 0 spiro atoms. The van der Waals surface area contributed by atoms with Gasteiger partial charge >= 0.3 is 5.97 Å². The van der Waals surface area contributed by atoms with E-state index in [4.69, 9.17) is 9.84 Å². The lowest BCUT2D eigenvalue weighted by Gasteiger charge is -2.07. The minimum absolute atomic E-state index is 0.0224. The zero-order valence-corrected chi connectivity index (χ0v) is 11.2. The lowest BCUT2D eigenvalue weighted by atomic mass is 10.1. The highest BCUT2D eigenvalue weighted by atomic mass is 32.2. The lowest BCUT2D eigenvalue weighted by molar-refractivity contribution is -0.136. The van der Waals surface area contributed by atoms with Gasteiger partial charge in [0.05, 0.1) is 6.42 Å². The quantitative estimate of drug-likeness (QED) is 0.729. The Kier molecular flexibility index (Phi) is 6.60. The average Bonchev–Trinajstić information content (AvgIpc) is 2.31. The number of benzene rings is 1. The Hall–Kier alpha value is -1.20. The topological polar surface area (TPSA) is 63.6 Å². The molecular formula is C13H18O4S. The molecule has 0 aromatic heterocycles. The number of carbonyl (C=O) groups is 1. The molecule has 1 N–H and O–H groups in total. The van der Waals surface area contributed by atoms with Crippen molar-refractivity contribution in [1.29, 1.82) is 0 Å². The fourth-order valence-electron chi connectivity index (χ4n) is 1.64. The van der Waals surface area contributed by atoms with Gasteiger partial charge in [-0.2, -0.15) is 0 Å². The highest BCUT2D eigenvalue weighted by Gasteiger charge is 2.09. The molecule has 0 heterocycles. The molecule has 100 valence electrons. The summed E-state index contributed by atoms with van der Waals surface area (Å²) in [5, 5.41) is 8.81. The largest absolute Gasteiger partial charge is 0.481 e. The first-order chi connectivity index (χ1) is 8.63. The van der Waals surface area contributed by atoms with Crippen LogP contribution >= 0.6 is 0 Å². The predicted molar refractivity (Wildman–Crippen MR) is 71.0 cm³/mol. The number of carboxylic acid groups (broad SMARTS) is 1. The second-order valence-corrected chi connectivity index (χ2v) is 5.55. The fourth-order valence-corrected chi connectivity index (χ4v) is 2.86. The van der Waals surface area contributed by atoms with Crippen LogP contribution in [0.2, 0.25) is 0 Å². The van der Waals surface area contributed by atoms with Crippen LogP contribution in [-0.4, -0.2) is 34.8 Å². The smallest absolute Gasteiger partial charge is 0.307 e. The average molecular weight is 270 g/mol. The zero-order valence-electron chi connectivity index (χ0n) is 10.4. The van der Waals surface area contributed by atoms with E-state index < -0.39 is 16.8 Å². The molecule has 0 aliphatic rings. The maximum Gasteiger partial charge on any atom is 0.307 e. The van der Waals surface area contributed by atoms with E-state index in [1.807, 2.05) is 12.1 Å². The van der Waals surface area contributed by atoms with E-state index >= 15 is 0 Å². The molecule has 4 nitrogen and oxygen atoms in total. The number of methoxy groups -OCH3 is 1. The Morgan fingerprint density at radius 1 is 1.33 bits per heavy atom. The van der Waals surface area contributed by atoms with Crippen LogP contribution in [0.15, 0.2) is 24.3 Å². The normalized spacial score (nSPS) is 12.3. The molecule has 5 heteroatoms. The Labute approximate surface area is 109 Å². The Morgan fingerprint density at radius 2 is 2.00 bits per heavy atom. The molecule has 0 saturated carbocycles. The minimum atomic E-state index is -0.971. The maximum atomic E-state index is 11.8. The Bertz CT molecular complexity index is 417. The van der Waals surface area contributed by atoms with Crippen molar-refractivity contribution in [3.63, 3.8) is 0 Å². The lowest BCUT2D eigenvalue weighted by Crippen LogP contribution is -2.08. The van der Waals surface area contributed by atoms with E-state index in [9.17, 15) is 9.00 Å². The zero-order chi connectivity index (χ0) is 13.4. The van der Waals surface area contributed by atoms with Gasteiger partial charge in [0.15, 0.2) is 0 Å². The van der Waals surface area contributed by atoms with Gasteiger partial charge in [0.2, 0.25) is 0 Å². The SMILES string of the molecule is COCCCS(=O)Cc1ccccc1CC(=O)O. The number of hydrogen-bond donors (Lipinski definition) is 1. The van der Waals surface area contributed by atoms with E-state index in [0.29, 0.717) is 18.1 Å². The Balaban J connectivity index is 2.60. The molecule has 1 atom stereocenters. The monoisotopic (exact) mass is 270 g/mol. The Morgan fingerprint density at radius 3 is 2.61 bits per heavy atom. The third-order valence-electron chi connectivity index (χ3n) is 2.50. The second kappa shape index (κ2) is 8.00. The molecular weight excluding hydrogens is 252 g/mol. The molecule has 1 unspecified atom stereocenters. The van der Waals surface area contributed by atoms with Crippen LogP contribution in [0.5, 0.6) is 0 Å². The van der Waals surface area contributed by atoms with Crippen LogP contribution in [0.3, 0.4) is 0 Å².